The molecule has 0 aromatic heterocycles. The molecule has 20 heavy (non-hydrogen) atoms. The molecule has 0 unspecified atom stereocenters. The van der Waals surface area contributed by atoms with Gasteiger partial charge in [-0.05, 0) is 12.8 Å². The fourth-order valence-electron chi connectivity index (χ4n) is 2.52. The van der Waals surface area contributed by atoms with Gasteiger partial charge in [-0.1, -0.05) is 0 Å². The molecule has 0 spiro atoms. The average molecular weight is 295 g/mol. The summed E-state index contributed by atoms with van der Waals surface area (Å²) in [6.07, 6.45) is -3.03. The summed E-state index contributed by atoms with van der Waals surface area (Å²) < 4.78 is 41.9. The second-order valence-corrected chi connectivity index (χ2v) is 5.21. The highest BCUT2D eigenvalue weighted by Crippen LogP contribution is 2.19. The Bertz CT molecular complexity index is 324. The Kier molecular flexibility index (Phi) is 5.09. The van der Waals surface area contributed by atoms with E-state index in [9.17, 15) is 18.0 Å². The number of hydrogen-bond donors (Lipinski definition) is 1. The van der Waals surface area contributed by atoms with Gasteiger partial charge in [0, 0.05) is 32.2 Å². The predicted octanol–water partition coefficient (Wildman–Crippen LogP) is 1.05. The van der Waals surface area contributed by atoms with Crippen molar-refractivity contribution in [2.24, 2.45) is 0 Å². The molecule has 2 fully saturated rings. The number of carbonyl (C=O) groups is 1. The van der Waals surface area contributed by atoms with Gasteiger partial charge in [-0.2, -0.15) is 13.2 Å². The number of likely N-dealkylation sites (tertiary alicyclic amines) is 1. The molecule has 2 amide bonds. The molecule has 2 saturated heterocycles. The van der Waals surface area contributed by atoms with Crippen LogP contribution in [0.2, 0.25) is 0 Å². The summed E-state index contributed by atoms with van der Waals surface area (Å²) in [6.45, 7) is 2.09. The number of rotatable bonds is 2. The van der Waals surface area contributed by atoms with Crippen LogP contribution < -0.4 is 5.32 Å². The molecule has 1 N–H and O–H groups in total. The lowest BCUT2D eigenvalue weighted by Gasteiger charge is -2.34. The van der Waals surface area contributed by atoms with Gasteiger partial charge in [0.1, 0.15) is 0 Å². The van der Waals surface area contributed by atoms with Crippen LogP contribution in [0, 0.1) is 0 Å². The highest BCUT2D eigenvalue weighted by molar-refractivity contribution is 5.74. The molecule has 0 saturated carbocycles. The van der Waals surface area contributed by atoms with E-state index in [2.05, 4.69) is 5.32 Å². The Labute approximate surface area is 116 Å². The molecule has 0 atom stereocenters. The first-order valence-electron chi connectivity index (χ1n) is 6.86. The first-order chi connectivity index (χ1) is 9.44. The minimum atomic E-state index is -4.15. The van der Waals surface area contributed by atoms with Crippen LogP contribution in [0.4, 0.5) is 18.0 Å². The summed E-state index contributed by atoms with van der Waals surface area (Å²) in [7, 11) is 0. The van der Waals surface area contributed by atoms with Crippen molar-refractivity contribution in [2.45, 2.75) is 25.1 Å². The van der Waals surface area contributed by atoms with Crippen molar-refractivity contribution >= 4 is 6.03 Å². The van der Waals surface area contributed by atoms with Crippen LogP contribution in [0.3, 0.4) is 0 Å². The third-order valence-electron chi connectivity index (χ3n) is 3.62. The number of carbonyl (C=O) groups excluding carboxylic acids is 1. The summed E-state index contributed by atoms with van der Waals surface area (Å²) in [6, 6.07) is -0.169. The number of ether oxygens (including phenoxy) is 1. The SMILES string of the molecule is O=C(NC1CCN(CC(F)(F)F)CC1)N1CCOCC1. The van der Waals surface area contributed by atoms with Gasteiger partial charge in [-0.25, -0.2) is 4.79 Å². The molecular weight excluding hydrogens is 275 g/mol. The van der Waals surface area contributed by atoms with Gasteiger partial charge < -0.3 is 15.0 Å². The third-order valence-corrected chi connectivity index (χ3v) is 3.62. The van der Waals surface area contributed by atoms with E-state index in [1.165, 1.54) is 4.90 Å². The number of alkyl halides is 3. The maximum atomic E-state index is 12.3. The molecule has 116 valence electrons. The van der Waals surface area contributed by atoms with Crippen molar-refractivity contribution < 1.29 is 22.7 Å². The number of halogens is 3. The van der Waals surface area contributed by atoms with Gasteiger partial charge in [-0.15, -0.1) is 0 Å². The minimum absolute atomic E-state index is 0.0326. The monoisotopic (exact) mass is 295 g/mol. The lowest BCUT2D eigenvalue weighted by Crippen LogP contribution is -2.52. The molecule has 2 aliphatic rings. The number of urea groups is 1. The Hall–Kier alpha value is -1.02. The Morgan fingerprint density at radius 1 is 1.15 bits per heavy atom. The molecule has 0 aliphatic carbocycles. The first-order valence-corrected chi connectivity index (χ1v) is 6.86. The van der Waals surface area contributed by atoms with Crippen molar-refractivity contribution in [3.05, 3.63) is 0 Å². The van der Waals surface area contributed by atoms with Crippen LogP contribution in [0.1, 0.15) is 12.8 Å². The average Bonchev–Trinajstić information content (AvgIpc) is 2.40. The zero-order chi connectivity index (χ0) is 14.6. The molecule has 0 aromatic rings. The van der Waals surface area contributed by atoms with E-state index >= 15 is 0 Å². The zero-order valence-electron chi connectivity index (χ0n) is 11.3. The fraction of sp³-hybridized carbons (Fsp3) is 0.917. The maximum Gasteiger partial charge on any atom is 0.401 e. The lowest BCUT2D eigenvalue weighted by atomic mass is 10.1. The number of hydrogen-bond acceptors (Lipinski definition) is 3. The maximum absolute atomic E-state index is 12.3. The number of nitrogens with one attached hydrogen (secondary N) is 1. The van der Waals surface area contributed by atoms with Gasteiger partial charge >= 0.3 is 12.2 Å². The summed E-state index contributed by atoms with van der Waals surface area (Å²) in [5.74, 6) is 0. The summed E-state index contributed by atoms with van der Waals surface area (Å²) in [5, 5.41) is 2.90. The lowest BCUT2D eigenvalue weighted by molar-refractivity contribution is -0.148. The molecule has 0 radical (unpaired) electrons. The fourth-order valence-corrected chi connectivity index (χ4v) is 2.52. The molecule has 8 heteroatoms. The Morgan fingerprint density at radius 3 is 2.30 bits per heavy atom. The molecule has 0 aromatic carbocycles. The summed E-state index contributed by atoms with van der Waals surface area (Å²) in [5.41, 5.74) is 0. The number of morpholine rings is 1. The normalized spacial score (nSPS) is 22.9. The van der Waals surface area contributed by atoms with Crippen molar-refractivity contribution in [3.8, 4) is 0 Å². The third kappa shape index (κ3) is 4.82. The van der Waals surface area contributed by atoms with Crippen LogP contribution in [0.15, 0.2) is 0 Å². The minimum Gasteiger partial charge on any atom is -0.378 e. The van der Waals surface area contributed by atoms with E-state index in [0.717, 1.165) is 0 Å². The smallest absolute Gasteiger partial charge is 0.378 e. The molecule has 0 bridgehead atoms. The number of nitrogens with zero attached hydrogens (tertiary/aromatic N) is 2. The number of amides is 2. The topological polar surface area (TPSA) is 44.8 Å². The van der Waals surface area contributed by atoms with Gasteiger partial charge in [0.2, 0.25) is 0 Å². The standard InChI is InChI=1S/C12H20F3N3O2/c13-12(14,15)9-17-3-1-10(2-4-17)16-11(19)18-5-7-20-8-6-18/h10H,1-9H2,(H,16,19). The van der Waals surface area contributed by atoms with Crippen molar-refractivity contribution in [3.63, 3.8) is 0 Å². The van der Waals surface area contributed by atoms with Crippen LogP contribution in [-0.4, -0.2) is 74.0 Å². The second kappa shape index (κ2) is 6.62. The van der Waals surface area contributed by atoms with E-state index in [0.29, 0.717) is 52.2 Å². The van der Waals surface area contributed by atoms with Gasteiger partial charge in [0.25, 0.3) is 0 Å². The van der Waals surface area contributed by atoms with Crippen LogP contribution in [0.25, 0.3) is 0 Å². The highest BCUT2D eigenvalue weighted by Gasteiger charge is 2.33. The summed E-state index contributed by atoms with van der Waals surface area (Å²) >= 11 is 0. The van der Waals surface area contributed by atoms with Crippen LogP contribution in [0.5, 0.6) is 0 Å². The zero-order valence-corrected chi connectivity index (χ0v) is 11.3. The molecular formula is C12H20F3N3O2. The van der Waals surface area contributed by atoms with E-state index in [1.54, 1.807) is 4.90 Å². The van der Waals surface area contributed by atoms with E-state index in [1.807, 2.05) is 0 Å². The molecule has 2 heterocycles. The van der Waals surface area contributed by atoms with E-state index in [-0.39, 0.29) is 12.1 Å². The number of piperidine rings is 1. The van der Waals surface area contributed by atoms with Gasteiger partial charge in [-0.3, -0.25) is 4.90 Å². The summed E-state index contributed by atoms with van der Waals surface area (Å²) in [4.78, 5) is 15.0. The quantitative estimate of drug-likeness (QED) is 0.828. The van der Waals surface area contributed by atoms with Gasteiger partial charge in [0.15, 0.2) is 0 Å². The molecule has 5 nitrogen and oxygen atoms in total. The largest absolute Gasteiger partial charge is 0.401 e. The predicted molar refractivity (Wildman–Crippen MR) is 66.4 cm³/mol. The highest BCUT2D eigenvalue weighted by atomic mass is 19.4. The molecule has 2 rings (SSSR count). The van der Waals surface area contributed by atoms with E-state index < -0.39 is 12.7 Å². The van der Waals surface area contributed by atoms with Crippen LogP contribution >= 0.6 is 0 Å². The van der Waals surface area contributed by atoms with Gasteiger partial charge in [0.05, 0.1) is 19.8 Å². The molecule has 2 aliphatic heterocycles. The Balaban J connectivity index is 1.70. The van der Waals surface area contributed by atoms with Crippen molar-refractivity contribution in [1.29, 1.82) is 0 Å². The second-order valence-electron chi connectivity index (χ2n) is 5.21. The Morgan fingerprint density at radius 2 is 1.75 bits per heavy atom. The van der Waals surface area contributed by atoms with Crippen molar-refractivity contribution in [2.75, 3.05) is 45.9 Å². The van der Waals surface area contributed by atoms with E-state index in [4.69, 9.17) is 4.74 Å². The van der Waals surface area contributed by atoms with Crippen LogP contribution in [-0.2, 0) is 4.74 Å². The van der Waals surface area contributed by atoms with Crippen molar-refractivity contribution in [1.82, 2.24) is 15.1 Å². The first kappa shape index (κ1) is 15.4.